The molecule has 6 rings (SSSR count). The molecule has 9 atom stereocenters. The van der Waals surface area contributed by atoms with E-state index >= 15 is 0 Å². The summed E-state index contributed by atoms with van der Waals surface area (Å²) in [5, 5.41) is 77.7. The van der Waals surface area contributed by atoms with Crippen LogP contribution in [0, 0.1) is 30.6 Å². The number of allylic oxidation sites excluding steroid dienone is 2. The number of fused-ring (bicyclic) bond motifs is 14. The number of aliphatic hydroxyl groups is 3. The van der Waals surface area contributed by atoms with Gasteiger partial charge in [0.1, 0.15) is 23.4 Å². The number of benzene rings is 2. The van der Waals surface area contributed by atoms with Crippen LogP contribution in [0.5, 0.6) is 23.0 Å². The number of amides is 1. The minimum Gasteiger partial charge on any atom is -0.507 e. The van der Waals surface area contributed by atoms with E-state index in [9.17, 15) is 45.0 Å². The number of ether oxygens (including phenoxy) is 3. The number of nitrogens with zero attached hydrogens (tertiary/aromatic N) is 3. The number of phenolic OH excluding ortho intramolecular Hbond substituents is 3. The Hall–Kier alpha value is -5.16. The Morgan fingerprint density at radius 2 is 1.59 bits per heavy atom. The van der Waals surface area contributed by atoms with Crippen molar-refractivity contribution in [3.63, 3.8) is 0 Å². The number of Topliss-reactive ketones (excluding diaryl/α,β-unsaturated/α-hetero) is 1. The lowest BCUT2D eigenvalue weighted by atomic mass is 9.78. The summed E-state index contributed by atoms with van der Waals surface area (Å²) in [5.74, 6) is -9.00. The second kappa shape index (κ2) is 17.4. The molecule has 2 aromatic carbocycles. The molecule has 58 heavy (non-hydrogen) atoms. The zero-order valence-corrected chi connectivity index (χ0v) is 34.4. The van der Waals surface area contributed by atoms with E-state index < -0.39 is 88.8 Å². The van der Waals surface area contributed by atoms with Crippen LogP contribution >= 0.6 is 0 Å². The fraction of sp³-hybridized carbons (Fsp3) is 0.524. The van der Waals surface area contributed by atoms with E-state index in [0.717, 1.165) is 6.26 Å². The van der Waals surface area contributed by atoms with Gasteiger partial charge in [0.15, 0.2) is 5.75 Å². The van der Waals surface area contributed by atoms with Gasteiger partial charge >= 0.3 is 11.8 Å². The zero-order valence-electron chi connectivity index (χ0n) is 34.4. The van der Waals surface area contributed by atoms with Gasteiger partial charge in [-0.05, 0) is 27.0 Å². The molecule has 16 nitrogen and oxygen atoms in total. The van der Waals surface area contributed by atoms with Gasteiger partial charge in [-0.25, -0.2) is 0 Å². The minimum absolute atomic E-state index is 0.0284. The number of piperazine rings is 1. The summed E-state index contributed by atoms with van der Waals surface area (Å²) < 4.78 is 17.5. The van der Waals surface area contributed by atoms with Gasteiger partial charge in [0.05, 0.1) is 53.0 Å². The molecule has 4 heterocycles. The number of carbonyl (C=O) groups excluding carboxylic acids is 3. The van der Waals surface area contributed by atoms with E-state index in [-0.39, 0.29) is 44.5 Å². The van der Waals surface area contributed by atoms with Crippen LogP contribution in [0.1, 0.15) is 70.0 Å². The van der Waals surface area contributed by atoms with E-state index in [0.29, 0.717) is 26.2 Å². The lowest BCUT2D eigenvalue weighted by molar-refractivity contribution is -0.159. The van der Waals surface area contributed by atoms with Crippen molar-refractivity contribution in [1.29, 1.82) is 0 Å². The molecule has 316 valence electrons. The van der Waals surface area contributed by atoms with Gasteiger partial charge in [0.2, 0.25) is 0 Å². The molecule has 4 aliphatic heterocycles. The van der Waals surface area contributed by atoms with E-state index in [1.807, 2.05) is 7.05 Å². The Labute approximate surface area is 337 Å². The molecule has 7 N–H and O–H groups in total. The number of hydrogen-bond acceptors (Lipinski definition) is 15. The summed E-state index contributed by atoms with van der Waals surface area (Å²) in [6.07, 6.45) is 3.58. The number of phenols is 3. The van der Waals surface area contributed by atoms with E-state index in [2.05, 4.69) is 15.3 Å². The van der Waals surface area contributed by atoms with Crippen LogP contribution in [0.25, 0.3) is 10.8 Å². The minimum atomic E-state index is -2.10. The Balaban J connectivity index is 1.69. The van der Waals surface area contributed by atoms with Crippen LogP contribution in [0.2, 0.25) is 0 Å². The second-order valence-electron chi connectivity index (χ2n) is 15.9. The summed E-state index contributed by atoms with van der Waals surface area (Å²) in [6, 6.07) is 0. The van der Waals surface area contributed by atoms with Crippen molar-refractivity contribution < 1.29 is 59.2 Å². The number of likely N-dealkylation sites (N-methyl/N-ethyl adjacent to an activating group) is 1. The van der Waals surface area contributed by atoms with Crippen molar-refractivity contribution in [1.82, 2.24) is 9.91 Å². The first-order chi connectivity index (χ1) is 27.2. The molecule has 1 fully saturated rings. The molecule has 0 radical (unpaired) electrons. The number of hydrogen-bond donors (Lipinski definition) is 7. The van der Waals surface area contributed by atoms with Crippen molar-refractivity contribution in [3.05, 3.63) is 52.8 Å². The molecule has 0 saturated carbocycles. The molecule has 0 aromatic heterocycles. The van der Waals surface area contributed by atoms with E-state index in [4.69, 9.17) is 14.2 Å². The molecule has 1 saturated heterocycles. The predicted molar refractivity (Wildman–Crippen MR) is 216 cm³/mol. The van der Waals surface area contributed by atoms with Crippen molar-refractivity contribution in [2.75, 3.05) is 38.5 Å². The first-order valence-electron chi connectivity index (χ1n) is 19.4. The average molecular weight is 809 g/mol. The number of hydrazone groups is 1. The molecule has 5 bridgehead atoms. The Morgan fingerprint density at radius 1 is 0.931 bits per heavy atom. The van der Waals surface area contributed by atoms with Gasteiger partial charge in [-0.3, -0.25) is 19.4 Å². The number of carbonyl (C=O) groups is 3. The molecule has 0 spiro atoms. The third-order valence-corrected chi connectivity index (χ3v) is 11.6. The van der Waals surface area contributed by atoms with E-state index in [1.165, 1.54) is 46.1 Å². The first kappa shape index (κ1) is 44.0. The number of nitrogens with one attached hydrogen (secondary N) is 1. The van der Waals surface area contributed by atoms with Gasteiger partial charge in [0, 0.05) is 80.2 Å². The summed E-state index contributed by atoms with van der Waals surface area (Å²) in [5.41, 5.74) is -0.459. The highest BCUT2D eigenvalue weighted by Crippen LogP contribution is 2.55. The summed E-state index contributed by atoms with van der Waals surface area (Å²) in [6.45, 7) is 14.6. The van der Waals surface area contributed by atoms with Crippen LogP contribution in [0.15, 0.2) is 41.2 Å². The number of aromatic hydroxyl groups is 3. The fourth-order valence-electron chi connectivity index (χ4n) is 7.64. The van der Waals surface area contributed by atoms with E-state index in [1.54, 1.807) is 44.9 Å². The number of ketones is 1. The SMILES string of the molecule is CC(=O)O[C@H]1[C@H](C)[C@H](O)[C@H](C)[C@H](O)[C@@H](C)/C=C/C=C(/C)C(=O)Nc2c(/C=N/N3CCN(C)CC3)c(O)c3c4c(c(C)c(O)c3c2O)O[C@](C)(O/C=C/[C@H](O)[C@H]1C)C4=O. The monoisotopic (exact) mass is 808 g/mol. The molecule has 16 heteroatoms. The molecular weight excluding hydrogens is 752 g/mol. The lowest BCUT2D eigenvalue weighted by Crippen LogP contribution is -2.46. The molecule has 2 aromatic rings. The van der Waals surface area contributed by atoms with Crippen molar-refractivity contribution in [2.45, 2.75) is 85.6 Å². The quantitative estimate of drug-likeness (QED) is 0.102. The zero-order chi connectivity index (χ0) is 43.0. The van der Waals surface area contributed by atoms with Gasteiger partial charge in [0.25, 0.3) is 11.7 Å². The van der Waals surface area contributed by atoms with Gasteiger partial charge < -0.3 is 55.1 Å². The van der Waals surface area contributed by atoms with Crippen LogP contribution in [0.3, 0.4) is 0 Å². The highest BCUT2D eigenvalue weighted by molar-refractivity contribution is 6.23. The normalized spacial score (nSPS) is 32.4. The fourth-order valence-corrected chi connectivity index (χ4v) is 7.64. The maximum Gasteiger partial charge on any atom is 0.312 e. The molecule has 4 aliphatic rings. The Bertz CT molecular complexity index is 2050. The van der Waals surface area contributed by atoms with Crippen LogP contribution in [0.4, 0.5) is 5.69 Å². The number of anilines is 1. The van der Waals surface area contributed by atoms with Crippen LogP contribution in [-0.2, 0) is 19.1 Å². The largest absolute Gasteiger partial charge is 0.507 e. The third kappa shape index (κ3) is 8.51. The maximum absolute atomic E-state index is 14.3. The lowest BCUT2D eigenvalue weighted by Gasteiger charge is -2.37. The predicted octanol–water partition coefficient (Wildman–Crippen LogP) is 3.68. The number of rotatable bonds is 3. The second-order valence-corrected chi connectivity index (χ2v) is 15.9. The van der Waals surface area contributed by atoms with Gasteiger partial charge in [-0.2, -0.15) is 5.10 Å². The van der Waals surface area contributed by atoms with Crippen LogP contribution < -0.4 is 10.1 Å². The number of aliphatic hydroxyl groups excluding tert-OH is 3. The molecule has 1 amide bonds. The molecular formula is C42H56N4O12. The topological polar surface area (TPSA) is 231 Å². The Kier molecular flexibility index (Phi) is 13.2. The summed E-state index contributed by atoms with van der Waals surface area (Å²) >= 11 is 0. The third-order valence-electron chi connectivity index (χ3n) is 11.6. The average Bonchev–Trinajstić information content (AvgIpc) is 3.44. The molecule has 0 unspecified atom stereocenters. The van der Waals surface area contributed by atoms with Crippen molar-refractivity contribution in [3.8, 4) is 23.0 Å². The summed E-state index contributed by atoms with van der Waals surface area (Å²) in [7, 11) is 1.98. The van der Waals surface area contributed by atoms with Crippen molar-refractivity contribution in [2.24, 2.45) is 28.8 Å². The van der Waals surface area contributed by atoms with Gasteiger partial charge in [-0.1, -0.05) is 45.9 Å². The highest BCUT2D eigenvalue weighted by atomic mass is 16.7. The van der Waals surface area contributed by atoms with Crippen molar-refractivity contribution >= 4 is 40.3 Å². The molecule has 0 aliphatic carbocycles. The Morgan fingerprint density at radius 3 is 2.22 bits per heavy atom. The smallest absolute Gasteiger partial charge is 0.312 e. The number of esters is 1. The maximum atomic E-state index is 14.3. The summed E-state index contributed by atoms with van der Waals surface area (Å²) in [4.78, 5) is 42.4. The first-order valence-corrected chi connectivity index (χ1v) is 19.4. The van der Waals surface area contributed by atoms with Crippen LogP contribution in [-0.4, -0.2) is 128 Å². The highest BCUT2D eigenvalue weighted by Gasteiger charge is 2.50. The standard InChI is InChI=1S/C42H56N4O12/c1-20-11-10-12-21(2)41(55)44-32-27(19-43-46-16-14-45(9)15-17-46)36(52)29-30(37(32)53)35(51)25(6)39-31(29)40(54)42(8,58-39)56-18-13-28(48)22(3)38(57-26(7)47)24(5)34(50)23(4)33(20)49/h10-13,18-20,22-24,28,33-34,38,48-53H,14-17H2,1-9H3,(H,44,55)/b11-10+,18-13+,21-12-,43-19+/t20-,22+,23+,24+,28-,33+,34+,38+,42-/m0/s1. The van der Waals surface area contributed by atoms with Gasteiger partial charge in [-0.15, -0.1) is 0 Å².